The zero-order valence-electron chi connectivity index (χ0n) is 13.2. The lowest BCUT2D eigenvalue weighted by atomic mass is 10.2. The number of hydrogen-bond acceptors (Lipinski definition) is 4. The van der Waals surface area contributed by atoms with Gasteiger partial charge in [-0.3, -0.25) is 0 Å². The Bertz CT molecular complexity index is 301. The molecule has 1 rings (SSSR count). The fourth-order valence-electron chi connectivity index (χ4n) is 2.57. The average molecular weight is 316 g/mol. The Balaban J connectivity index is 2.25. The third-order valence-corrected chi connectivity index (χ3v) is 8.45. The van der Waals surface area contributed by atoms with Crippen molar-refractivity contribution in [3.8, 4) is 6.07 Å². The lowest BCUT2D eigenvalue weighted by Crippen LogP contribution is -2.52. The molecule has 0 bridgehead atoms. The molecule has 4 nitrogen and oxygen atoms in total. The van der Waals surface area contributed by atoms with Crippen LogP contribution in [0, 0.1) is 11.3 Å². The fraction of sp³-hybridized carbons (Fsp3) is 0.929. The minimum atomic E-state index is -1.19. The van der Waals surface area contributed by atoms with Gasteiger partial charge in [0, 0.05) is 13.2 Å². The van der Waals surface area contributed by atoms with Crippen LogP contribution in [0.5, 0.6) is 0 Å². The summed E-state index contributed by atoms with van der Waals surface area (Å²) in [6.07, 6.45) is 5.03. The molecule has 20 heavy (non-hydrogen) atoms. The lowest BCUT2D eigenvalue weighted by Gasteiger charge is -2.42. The monoisotopic (exact) mass is 315 g/mol. The second kappa shape index (κ2) is 9.69. The number of nitriles is 1. The predicted octanol–water partition coefficient (Wildman–Crippen LogP) is 2.60. The van der Waals surface area contributed by atoms with Gasteiger partial charge in [-0.15, -0.1) is 0 Å². The molecule has 0 radical (unpaired) electrons. The minimum Gasteiger partial charge on any atom is -0.397 e. The van der Waals surface area contributed by atoms with Gasteiger partial charge in [0.05, 0.1) is 19.1 Å². The lowest BCUT2D eigenvalue weighted by molar-refractivity contribution is -0.151. The van der Waals surface area contributed by atoms with Crippen LogP contribution in [-0.2, 0) is 13.9 Å². The summed E-state index contributed by atoms with van der Waals surface area (Å²) in [6.45, 7) is 9.10. The SMILES string of the molecule is C[SiH](CCCOCCC#N)OC1([SiH](C)C)CCCCO1. The Labute approximate surface area is 126 Å². The molecule has 0 aromatic rings. The maximum absolute atomic E-state index is 8.42. The van der Waals surface area contributed by atoms with E-state index in [9.17, 15) is 0 Å². The van der Waals surface area contributed by atoms with E-state index in [-0.39, 0.29) is 5.41 Å². The number of ether oxygens (including phenoxy) is 2. The van der Waals surface area contributed by atoms with Gasteiger partial charge in [-0.2, -0.15) is 5.26 Å². The molecular weight excluding hydrogens is 286 g/mol. The maximum atomic E-state index is 8.42. The fourth-order valence-corrected chi connectivity index (χ4v) is 7.31. The van der Waals surface area contributed by atoms with Gasteiger partial charge in [-0.25, -0.2) is 0 Å². The van der Waals surface area contributed by atoms with Crippen LogP contribution < -0.4 is 0 Å². The Morgan fingerprint density at radius 2 is 2.05 bits per heavy atom. The molecule has 6 heteroatoms. The molecule has 0 aromatic carbocycles. The van der Waals surface area contributed by atoms with E-state index in [1.165, 1.54) is 12.8 Å². The highest BCUT2D eigenvalue weighted by molar-refractivity contribution is 6.60. The number of nitrogens with zero attached hydrogens (tertiary/aromatic N) is 1. The quantitative estimate of drug-likeness (QED) is 0.485. The van der Waals surface area contributed by atoms with Gasteiger partial charge >= 0.3 is 0 Å². The van der Waals surface area contributed by atoms with Gasteiger partial charge in [-0.1, -0.05) is 13.1 Å². The number of rotatable bonds is 9. The molecule has 1 heterocycles. The van der Waals surface area contributed by atoms with E-state index in [4.69, 9.17) is 19.2 Å². The van der Waals surface area contributed by atoms with Crippen LogP contribution in [0.2, 0.25) is 25.7 Å². The molecule has 0 aliphatic carbocycles. The first kappa shape index (κ1) is 17.9. The first-order valence-corrected chi connectivity index (χ1v) is 13.2. The molecule has 1 saturated heterocycles. The van der Waals surface area contributed by atoms with Crippen molar-refractivity contribution in [1.82, 2.24) is 0 Å². The van der Waals surface area contributed by atoms with E-state index < -0.39 is 17.8 Å². The maximum Gasteiger partial charge on any atom is 0.177 e. The summed E-state index contributed by atoms with van der Waals surface area (Å²) in [5.41, 5.74) is -0.189. The van der Waals surface area contributed by atoms with Crippen molar-refractivity contribution >= 4 is 17.8 Å². The highest BCUT2D eigenvalue weighted by Gasteiger charge is 2.39. The van der Waals surface area contributed by atoms with Crippen molar-refractivity contribution < 1.29 is 13.9 Å². The summed E-state index contributed by atoms with van der Waals surface area (Å²) in [5.74, 6) is 0. The van der Waals surface area contributed by atoms with Crippen molar-refractivity contribution in [2.24, 2.45) is 0 Å². The van der Waals surface area contributed by atoms with Crippen LogP contribution >= 0.6 is 0 Å². The van der Waals surface area contributed by atoms with Gasteiger partial charge in [0.1, 0.15) is 14.2 Å². The average Bonchev–Trinajstić information content (AvgIpc) is 2.43. The summed E-state index contributed by atoms with van der Waals surface area (Å²) in [6, 6.07) is 3.21. The largest absolute Gasteiger partial charge is 0.397 e. The van der Waals surface area contributed by atoms with Crippen molar-refractivity contribution in [1.29, 1.82) is 5.26 Å². The second-order valence-electron chi connectivity index (χ2n) is 5.86. The molecule has 2 unspecified atom stereocenters. The summed E-state index contributed by atoms with van der Waals surface area (Å²) < 4.78 is 17.9. The highest BCUT2D eigenvalue weighted by Crippen LogP contribution is 2.30. The van der Waals surface area contributed by atoms with Gasteiger partial charge in [0.15, 0.2) is 9.04 Å². The topological polar surface area (TPSA) is 51.5 Å². The van der Waals surface area contributed by atoms with Crippen LogP contribution in [0.15, 0.2) is 0 Å². The van der Waals surface area contributed by atoms with E-state index in [0.717, 1.165) is 32.1 Å². The van der Waals surface area contributed by atoms with Crippen LogP contribution in [0.25, 0.3) is 0 Å². The first-order valence-electron chi connectivity index (χ1n) is 7.87. The van der Waals surface area contributed by atoms with E-state index in [1.807, 2.05) is 0 Å². The molecule has 1 aliphatic rings. The minimum absolute atomic E-state index is 0.189. The molecule has 0 saturated carbocycles. The summed E-state index contributed by atoms with van der Waals surface area (Å²) >= 11 is 0. The van der Waals surface area contributed by atoms with Gasteiger partial charge in [-0.05, 0) is 38.3 Å². The van der Waals surface area contributed by atoms with E-state index >= 15 is 0 Å². The molecule has 0 N–H and O–H groups in total. The molecule has 116 valence electrons. The number of hydrogen-bond donors (Lipinski definition) is 0. The Hall–Kier alpha value is -0.196. The second-order valence-corrected chi connectivity index (χ2v) is 11.5. The van der Waals surface area contributed by atoms with Crippen LogP contribution in [0.4, 0.5) is 0 Å². The third kappa shape index (κ3) is 6.06. The zero-order chi connectivity index (χ0) is 14.8. The van der Waals surface area contributed by atoms with E-state index in [2.05, 4.69) is 25.7 Å². The Morgan fingerprint density at radius 1 is 1.25 bits per heavy atom. The van der Waals surface area contributed by atoms with Crippen molar-refractivity contribution in [3.05, 3.63) is 0 Å². The molecule has 0 spiro atoms. The summed E-state index contributed by atoms with van der Waals surface area (Å²) in [5, 5.41) is 8.42. The van der Waals surface area contributed by atoms with Crippen molar-refractivity contribution in [3.63, 3.8) is 0 Å². The molecule has 0 amide bonds. The van der Waals surface area contributed by atoms with Crippen LogP contribution in [0.1, 0.15) is 32.1 Å². The first-order chi connectivity index (χ1) is 9.60. The van der Waals surface area contributed by atoms with E-state index in [0.29, 0.717) is 13.0 Å². The van der Waals surface area contributed by atoms with Gasteiger partial charge in [0.25, 0.3) is 0 Å². The van der Waals surface area contributed by atoms with Crippen LogP contribution in [0.3, 0.4) is 0 Å². The predicted molar refractivity (Wildman–Crippen MR) is 86.0 cm³/mol. The zero-order valence-corrected chi connectivity index (χ0v) is 15.5. The standard InChI is InChI=1S/C14H29NO3Si2/c1-19(2)14(8-4-5-12-17-14)18-20(3)13-7-11-16-10-6-9-15/h19-20H,4-8,10-13H2,1-3H3. The molecule has 1 fully saturated rings. The summed E-state index contributed by atoms with van der Waals surface area (Å²) in [4.78, 5) is 0. The Morgan fingerprint density at radius 3 is 2.65 bits per heavy atom. The normalized spacial score (nSPS) is 24.6. The van der Waals surface area contributed by atoms with Gasteiger partial charge < -0.3 is 13.9 Å². The molecule has 0 aromatic heterocycles. The molecule has 2 atom stereocenters. The van der Waals surface area contributed by atoms with Crippen molar-refractivity contribution in [2.75, 3.05) is 19.8 Å². The molecule has 1 aliphatic heterocycles. The van der Waals surface area contributed by atoms with Crippen LogP contribution in [-0.4, -0.2) is 43.1 Å². The highest BCUT2D eigenvalue weighted by atomic mass is 28.3. The van der Waals surface area contributed by atoms with Crippen molar-refractivity contribution in [2.45, 2.75) is 63.2 Å². The van der Waals surface area contributed by atoms with Gasteiger partial charge in [0.2, 0.25) is 0 Å². The Kier molecular flexibility index (Phi) is 8.65. The summed E-state index contributed by atoms with van der Waals surface area (Å²) in [7, 11) is -2.17. The molecular formula is C14H29NO3Si2. The smallest absolute Gasteiger partial charge is 0.177 e. The third-order valence-electron chi connectivity index (χ3n) is 3.80. The van der Waals surface area contributed by atoms with E-state index in [1.54, 1.807) is 0 Å².